The number of hydrogen-bond donors (Lipinski definition) is 4. The molecule has 29 heavy (non-hydrogen) atoms. The predicted octanol–water partition coefficient (Wildman–Crippen LogP) is 1.55. The van der Waals surface area contributed by atoms with Gasteiger partial charge in [0.05, 0.1) is 17.9 Å². The summed E-state index contributed by atoms with van der Waals surface area (Å²) in [6, 6.07) is 7.79. The van der Waals surface area contributed by atoms with Crippen LogP contribution in [0.1, 0.15) is 67.3 Å². The summed E-state index contributed by atoms with van der Waals surface area (Å²) in [5.41, 5.74) is 7.29. The summed E-state index contributed by atoms with van der Waals surface area (Å²) in [4.78, 5) is 16.5. The third kappa shape index (κ3) is 4.82. The molecule has 7 nitrogen and oxygen atoms in total. The molecule has 0 aliphatic heterocycles. The summed E-state index contributed by atoms with van der Waals surface area (Å²) < 4.78 is 5.79. The number of aliphatic imine (C=N–C) groups is 1. The largest absolute Gasteiger partial charge is 0.475 e. The van der Waals surface area contributed by atoms with Crippen molar-refractivity contribution in [1.29, 1.82) is 0 Å². The topological polar surface area (TPSA) is 117 Å². The number of benzene rings is 1. The molecular formula is C21H32BN3O4. The highest BCUT2D eigenvalue weighted by molar-refractivity contribution is 6.43. The first-order valence-corrected chi connectivity index (χ1v) is 10.5. The Hall–Kier alpha value is -1.90. The van der Waals surface area contributed by atoms with Crippen molar-refractivity contribution in [3.05, 3.63) is 35.4 Å². The summed E-state index contributed by atoms with van der Waals surface area (Å²) >= 11 is 0. The maximum atomic E-state index is 12.6. The van der Waals surface area contributed by atoms with E-state index in [4.69, 9.17) is 10.5 Å². The van der Waals surface area contributed by atoms with Gasteiger partial charge in [-0.2, -0.15) is 0 Å². The summed E-state index contributed by atoms with van der Waals surface area (Å²) in [5.74, 6) is -1.05. The number of carbonyl (C=O) groups excluding carboxylic acids is 1. The number of ether oxygens (including phenoxy) is 1. The second kappa shape index (κ2) is 9.28. The molecule has 1 atom stereocenters. The summed E-state index contributed by atoms with van der Waals surface area (Å²) in [5, 5.41) is 21.8. The maximum absolute atomic E-state index is 12.6. The lowest BCUT2D eigenvalue weighted by atomic mass is 9.56. The van der Waals surface area contributed by atoms with Crippen LogP contribution in [0.2, 0.25) is 0 Å². The molecule has 1 aromatic rings. The van der Waals surface area contributed by atoms with Crippen LogP contribution in [-0.2, 0) is 10.2 Å². The summed E-state index contributed by atoms with van der Waals surface area (Å²) in [7, 11) is 0.206. The molecule has 3 fully saturated rings. The Morgan fingerprint density at radius 3 is 2.38 bits per heavy atom. The first-order chi connectivity index (χ1) is 13.9. The van der Waals surface area contributed by atoms with Gasteiger partial charge in [-0.05, 0) is 74.5 Å². The standard InChI is InChI=1S/C21H32BN3O4/c1-29-21-11-8-20(9-12-21,10-13-21)17-6-4-16(5-7-17)19(26)25-18(22(27)28)3-2-14-24-15-23/h4-7,15,18,27-28H,2-3,8-14H2,1H3,(H2,23,24)(H,25,26)/t18-,20?,21?/m0/s1. The van der Waals surface area contributed by atoms with Gasteiger partial charge in [0.25, 0.3) is 5.91 Å². The minimum absolute atomic E-state index is 0.0805. The molecule has 1 aromatic carbocycles. The van der Waals surface area contributed by atoms with E-state index in [1.165, 1.54) is 11.9 Å². The lowest BCUT2D eigenvalue weighted by molar-refractivity contribution is -0.0955. The average Bonchev–Trinajstić information content (AvgIpc) is 2.77. The van der Waals surface area contributed by atoms with Gasteiger partial charge in [-0.1, -0.05) is 12.1 Å². The van der Waals surface area contributed by atoms with Gasteiger partial charge in [-0.15, -0.1) is 0 Å². The Morgan fingerprint density at radius 2 is 1.86 bits per heavy atom. The van der Waals surface area contributed by atoms with Crippen molar-refractivity contribution in [3.8, 4) is 0 Å². The molecule has 0 radical (unpaired) electrons. The highest BCUT2D eigenvalue weighted by Gasteiger charge is 2.49. The van der Waals surface area contributed by atoms with E-state index in [9.17, 15) is 14.8 Å². The molecule has 3 aliphatic rings. The van der Waals surface area contributed by atoms with Crippen LogP contribution in [0.15, 0.2) is 29.3 Å². The third-order valence-electron chi connectivity index (χ3n) is 6.95. The van der Waals surface area contributed by atoms with Crippen molar-refractivity contribution in [2.45, 2.75) is 68.3 Å². The van der Waals surface area contributed by atoms with Crippen molar-refractivity contribution in [2.75, 3.05) is 13.7 Å². The fourth-order valence-electron chi connectivity index (χ4n) is 4.89. The number of carbonyl (C=O) groups is 1. The van der Waals surface area contributed by atoms with E-state index in [0.29, 0.717) is 24.9 Å². The van der Waals surface area contributed by atoms with E-state index >= 15 is 0 Å². The molecular weight excluding hydrogens is 369 g/mol. The van der Waals surface area contributed by atoms with Crippen molar-refractivity contribution in [2.24, 2.45) is 10.7 Å². The molecule has 3 saturated carbocycles. The third-order valence-corrected chi connectivity index (χ3v) is 6.95. The molecule has 0 spiro atoms. The fraction of sp³-hybridized carbons (Fsp3) is 0.619. The number of amides is 1. The number of methoxy groups -OCH3 is 1. The minimum Gasteiger partial charge on any atom is -0.426 e. The first-order valence-electron chi connectivity index (χ1n) is 10.5. The number of nitrogens with two attached hydrogens (primary N) is 1. The van der Waals surface area contributed by atoms with Crippen LogP contribution in [0.25, 0.3) is 0 Å². The maximum Gasteiger partial charge on any atom is 0.475 e. The van der Waals surface area contributed by atoms with Gasteiger partial charge >= 0.3 is 7.12 Å². The molecule has 0 aromatic heterocycles. The van der Waals surface area contributed by atoms with E-state index < -0.39 is 13.1 Å². The average molecular weight is 401 g/mol. The Labute approximate surface area is 172 Å². The highest BCUT2D eigenvalue weighted by Crippen LogP contribution is 2.54. The fourth-order valence-corrected chi connectivity index (χ4v) is 4.89. The van der Waals surface area contributed by atoms with Crippen LogP contribution >= 0.6 is 0 Å². The first kappa shape index (κ1) is 21.8. The predicted molar refractivity (Wildman–Crippen MR) is 114 cm³/mol. The molecule has 1 amide bonds. The Morgan fingerprint density at radius 1 is 1.24 bits per heavy atom. The molecule has 8 heteroatoms. The zero-order chi connectivity index (χ0) is 20.9. The second-order valence-corrected chi connectivity index (χ2v) is 8.44. The Kier molecular flexibility index (Phi) is 6.98. The molecule has 5 N–H and O–H groups in total. The zero-order valence-electron chi connectivity index (χ0n) is 17.1. The van der Waals surface area contributed by atoms with Gasteiger partial charge in [0.2, 0.25) is 0 Å². The van der Waals surface area contributed by atoms with Gasteiger partial charge in [0.1, 0.15) is 0 Å². The van der Waals surface area contributed by atoms with Crippen LogP contribution in [0.5, 0.6) is 0 Å². The van der Waals surface area contributed by atoms with Gasteiger partial charge in [0.15, 0.2) is 0 Å². The van der Waals surface area contributed by atoms with Crippen molar-refractivity contribution in [3.63, 3.8) is 0 Å². The van der Waals surface area contributed by atoms with Gasteiger partial charge in [-0.3, -0.25) is 9.79 Å². The molecule has 3 aliphatic carbocycles. The van der Waals surface area contributed by atoms with E-state index in [1.807, 2.05) is 19.2 Å². The van der Waals surface area contributed by atoms with E-state index in [2.05, 4.69) is 22.4 Å². The summed E-state index contributed by atoms with van der Waals surface area (Å²) in [6.07, 6.45) is 8.87. The SMILES string of the molecule is COC12CCC(c3ccc(C(=O)N[C@@H](CCCN=CN)B(O)O)cc3)(CC1)CC2. The van der Waals surface area contributed by atoms with E-state index in [-0.39, 0.29) is 16.9 Å². The van der Waals surface area contributed by atoms with Crippen LogP contribution < -0.4 is 11.1 Å². The highest BCUT2D eigenvalue weighted by atomic mass is 16.5. The molecule has 4 rings (SSSR count). The molecule has 2 bridgehead atoms. The quantitative estimate of drug-likeness (QED) is 0.217. The number of fused-ring (bicyclic) bond motifs is 3. The smallest absolute Gasteiger partial charge is 0.426 e. The molecule has 0 heterocycles. The van der Waals surface area contributed by atoms with Crippen LogP contribution in [0, 0.1) is 0 Å². The minimum atomic E-state index is -1.62. The van der Waals surface area contributed by atoms with Crippen molar-refractivity contribution in [1.82, 2.24) is 5.32 Å². The lowest BCUT2D eigenvalue weighted by Crippen LogP contribution is -2.49. The Balaban J connectivity index is 1.61. The molecule has 158 valence electrons. The van der Waals surface area contributed by atoms with E-state index in [0.717, 1.165) is 38.5 Å². The van der Waals surface area contributed by atoms with Crippen LogP contribution in [0.3, 0.4) is 0 Å². The number of rotatable bonds is 9. The van der Waals surface area contributed by atoms with Crippen molar-refractivity contribution < 1.29 is 19.6 Å². The Bertz CT molecular complexity index is 699. The number of nitrogens with zero attached hydrogens (tertiary/aromatic N) is 1. The van der Waals surface area contributed by atoms with Gasteiger partial charge < -0.3 is 25.8 Å². The normalized spacial score (nSPS) is 27.1. The number of nitrogens with one attached hydrogen (secondary N) is 1. The van der Waals surface area contributed by atoms with E-state index in [1.54, 1.807) is 0 Å². The summed E-state index contributed by atoms with van der Waals surface area (Å²) in [6.45, 7) is 0.483. The van der Waals surface area contributed by atoms with Gasteiger partial charge in [-0.25, -0.2) is 0 Å². The molecule has 0 saturated heterocycles. The molecule has 0 unspecified atom stereocenters. The van der Waals surface area contributed by atoms with Crippen molar-refractivity contribution >= 4 is 19.4 Å². The lowest BCUT2D eigenvalue weighted by Gasteiger charge is -2.53. The van der Waals surface area contributed by atoms with Crippen LogP contribution in [0.4, 0.5) is 0 Å². The monoisotopic (exact) mass is 401 g/mol. The second-order valence-electron chi connectivity index (χ2n) is 8.44. The number of hydrogen-bond acceptors (Lipinski definition) is 5. The van der Waals surface area contributed by atoms with Gasteiger partial charge in [0, 0.05) is 19.2 Å². The van der Waals surface area contributed by atoms with Crippen LogP contribution in [-0.4, -0.2) is 54.6 Å². The zero-order valence-corrected chi connectivity index (χ0v) is 17.1.